The number of ether oxygens (including phenoxy) is 2. The first-order valence-electron chi connectivity index (χ1n) is 7.16. The lowest BCUT2D eigenvalue weighted by molar-refractivity contribution is -0.0438. The lowest BCUT2D eigenvalue weighted by atomic mass is 10.0. The molecule has 2 aromatic carbocycles. The maximum absolute atomic E-state index is 9.92. The van der Waals surface area contributed by atoms with Crippen molar-refractivity contribution in [1.82, 2.24) is 5.32 Å². The third-order valence-electron chi connectivity index (χ3n) is 3.54. The van der Waals surface area contributed by atoms with E-state index < -0.39 is 0 Å². The van der Waals surface area contributed by atoms with E-state index in [1.54, 1.807) is 18.2 Å². The zero-order valence-electron chi connectivity index (χ0n) is 11.7. The smallest absolute Gasteiger partial charge is 0.162 e. The number of nitrogens with one attached hydrogen (secondary N) is 1. The molecule has 0 radical (unpaired) electrons. The summed E-state index contributed by atoms with van der Waals surface area (Å²) >= 11 is 0. The van der Waals surface area contributed by atoms with Gasteiger partial charge in [0.1, 0.15) is 6.10 Å². The second-order valence-electron chi connectivity index (χ2n) is 5.03. The van der Waals surface area contributed by atoms with Crippen molar-refractivity contribution in [3.05, 3.63) is 60.2 Å². The molecule has 4 heteroatoms. The van der Waals surface area contributed by atoms with Gasteiger partial charge >= 0.3 is 0 Å². The van der Waals surface area contributed by atoms with E-state index in [1.165, 1.54) is 0 Å². The molecule has 4 nitrogen and oxygen atoms in total. The van der Waals surface area contributed by atoms with Gasteiger partial charge in [-0.3, -0.25) is 0 Å². The molecule has 0 bridgehead atoms. The van der Waals surface area contributed by atoms with E-state index in [0.717, 1.165) is 18.7 Å². The molecule has 0 unspecified atom stereocenters. The van der Waals surface area contributed by atoms with Crippen LogP contribution in [0.15, 0.2) is 54.6 Å². The molecular weight excluding hydrogens is 266 g/mol. The van der Waals surface area contributed by atoms with Crippen LogP contribution < -0.4 is 10.1 Å². The van der Waals surface area contributed by atoms with Gasteiger partial charge in [-0.05, 0) is 17.7 Å². The molecule has 2 atom stereocenters. The fourth-order valence-corrected chi connectivity index (χ4v) is 2.48. The van der Waals surface area contributed by atoms with Crippen molar-refractivity contribution in [2.24, 2.45) is 0 Å². The number of para-hydroxylation sites is 2. The lowest BCUT2D eigenvalue weighted by Gasteiger charge is -2.31. The average Bonchev–Trinajstić information content (AvgIpc) is 2.56. The lowest BCUT2D eigenvalue weighted by Crippen LogP contribution is -2.43. The number of hydrogen-bond donors (Lipinski definition) is 2. The van der Waals surface area contributed by atoms with Crippen molar-refractivity contribution < 1.29 is 14.6 Å². The summed E-state index contributed by atoms with van der Waals surface area (Å²) in [6, 6.07) is 17.0. The molecule has 1 heterocycles. The maximum Gasteiger partial charge on any atom is 0.162 e. The number of rotatable bonds is 4. The van der Waals surface area contributed by atoms with E-state index in [2.05, 4.69) is 5.32 Å². The fraction of sp³-hybridized carbons (Fsp3) is 0.294. The first-order chi connectivity index (χ1) is 10.3. The van der Waals surface area contributed by atoms with Crippen LogP contribution in [-0.2, 0) is 4.74 Å². The maximum atomic E-state index is 9.92. The summed E-state index contributed by atoms with van der Waals surface area (Å²) in [4.78, 5) is 0. The monoisotopic (exact) mass is 285 g/mol. The second-order valence-corrected chi connectivity index (χ2v) is 5.03. The standard InChI is InChI=1S/C17H19NO3/c19-14-8-4-5-9-15(14)21-17(13-6-2-1-3-7-13)16-12-18-10-11-20-16/h1-9,16-19H,10-12H2/t16-,17-/m0/s1. The highest BCUT2D eigenvalue weighted by molar-refractivity contribution is 5.38. The molecule has 0 spiro atoms. The summed E-state index contributed by atoms with van der Waals surface area (Å²) in [6.45, 7) is 2.25. The minimum Gasteiger partial charge on any atom is -0.504 e. The van der Waals surface area contributed by atoms with Crippen LogP contribution in [-0.4, -0.2) is 30.9 Å². The Morgan fingerprint density at radius 3 is 2.57 bits per heavy atom. The van der Waals surface area contributed by atoms with Gasteiger partial charge < -0.3 is 19.9 Å². The topological polar surface area (TPSA) is 50.7 Å². The molecule has 2 aromatic rings. The Morgan fingerprint density at radius 2 is 1.86 bits per heavy atom. The number of benzene rings is 2. The van der Waals surface area contributed by atoms with Crippen LogP contribution in [0.3, 0.4) is 0 Å². The van der Waals surface area contributed by atoms with Crippen LogP contribution in [0.5, 0.6) is 11.5 Å². The molecule has 1 fully saturated rings. The van der Waals surface area contributed by atoms with Gasteiger partial charge in [-0.2, -0.15) is 0 Å². The van der Waals surface area contributed by atoms with Gasteiger partial charge in [0.25, 0.3) is 0 Å². The SMILES string of the molecule is Oc1ccccc1O[C@@H](c1ccccc1)[C@@H]1CNCCO1. The number of morpholine rings is 1. The number of aromatic hydroxyl groups is 1. The van der Waals surface area contributed by atoms with Gasteiger partial charge in [-0.25, -0.2) is 0 Å². The van der Waals surface area contributed by atoms with E-state index in [-0.39, 0.29) is 18.0 Å². The molecule has 110 valence electrons. The summed E-state index contributed by atoms with van der Waals surface area (Å²) in [5.74, 6) is 0.614. The van der Waals surface area contributed by atoms with Crippen LogP contribution in [0.2, 0.25) is 0 Å². The second kappa shape index (κ2) is 6.61. The Labute approximate surface area is 124 Å². The molecule has 0 aromatic heterocycles. The quantitative estimate of drug-likeness (QED) is 0.906. The fourth-order valence-electron chi connectivity index (χ4n) is 2.48. The van der Waals surface area contributed by atoms with E-state index in [1.807, 2.05) is 36.4 Å². The molecule has 1 aliphatic rings. The van der Waals surface area contributed by atoms with Crippen molar-refractivity contribution in [1.29, 1.82) is 0 Å². The molecule has 3 rings (SSSR count). The van der Waals surface area contributed by atoms with Gasteiger partial charge in [-0.15, -0.1) is 0 Å². The molecule has 0 aliphatic carbocycles. The third-order valence-corrected chi connectivity index (χ3v) is 3.54. The van der Waals surface area contributed by atoms with Gasteiger partial charge in [0.05, 0.1) is 6.61 Å². The van der Waals surface area contributed by atoms with Crippen LogP contribution in [0.4, 0.5) is 0 Å². The Morgan fingerprint density at radius 1 is 1.10 bits per heavy atom. The summed E-state index contributed by atoms with van der Waals surface area (Å²) in [5, 5.41) is 13.2. The predicted octanol–water partition coefficient (Wildman–Crippen LogP) is 2.50. The van der Waals surface area contributed by atoms with Crippen molar-refractivity contribution in [2.45, 2.75) is 12.2 Å². The van der Waals surface area contributed by atoms with Crippen LogP contribution in [0, 0.1) is 0 Å². The molecule has 0 saturated carbocycles. The Kier molecular flexibility index (Phi) is 4.38. The molecule has 21 heavy (non-hydrogen) atoms. The van der Waals surface area contributed by atoms with Crippen LogP contribution in [0.25, 0.3) is 0 Å². The van der Waals surface area contributed by atoms with Gasteiger partial charge in [-0.1, -0.05) is 42.5 Å². The number of phenolic OH excluding ortho intramolecular Hbond substituents is 1. The summed E-state index contributed by atoms with van der Waals surface area (Å²) in [7, 11) is 0. The zero-order chi connectivity index (χ0) is 14.5. The van der Waals surface area contributed by atoms with E-state index in [0.29, 0.717) is 12.4 Å². The molecular formula is C17H19NO3. The van der Waals surface area contributed by atoms with Gasteiger partial charge in [0, 0.05) is 13.1 Å². The van der Waals surface area contributed by atoms with Gasteiger partial charge in [0.15, 0.2) is 17.6 Å². The minimum absolute atomic E-state index is 0.0826. The first kappa shape index (κ1) is 13.9. The third kappa shape index (κ3) is 3.35. The Hall–Kier alpha value is -2.04. The Balaban J connectivity index is 1.87. The number of hydrogen-bond acceptors (Lipinski definition) is 4. The highest BCUT2D eigenvalue weighted by Gasteiger charge is 2.28. The predicted molar refractivity (Wildman–Crippen MR) is 80.5 cm³/mol. The average molecular weight is 285 g/mol. The molecule has 2 N–H and O–H groups in total. The van der Waals surface area contributed by atoms with Crippen molar-refractivity contribution >= 4 is 0 Å². The summed E-state index contributed by atoms with van der Waals surface area (Å²) in [6.07, 6.45) is -0.340. The normalized spacial score (nSPS) is 19.9. The Bertz CT molecular complexity index is 567. The zero-order valence-corrected chi connectivity index (χ0v) is 11.7. The first-order valence-corrected chi connectivity index (χ1v) is 7.16. The van der Waals surface area contributed by atoms with Crippen molar-refractivity contribution in [3.63, 3.8) is 0 Å². The summed E-state index contributed by atoms with van der Waals surface area (Å²) in [5.41, 5.74) is 1.04. The highest BCUT2D eigenvalue weighted by Crippen LogP contribution is 2.32. The van der Waals surface area contributed by atoms with Crippen LogP contribution >= 0.6 is 0 Å². The van der Waals surface area contributed by atoms with Crippen LogP contribution in [0.1, 0.15) is 11.7 Å². The highest BCUT2D eigenvalue weighted by atomic mass is 16.5. The molecule has 1 aliphatic heterocycles. The summed E-state index contributed by atoms with van der Waals surface area (Å²) < 4.78 is 11.9. The van der Waals surface area contributed by atoms with Crippen molar-refractivity contribution in [2.75, 3.05) is 19.7 Å². The van der Waals surface area contributed by atoms with E-state index >= 15 is 0 Å². The van der Waals surface area contributed by atoms with Crippen molar-refractivity contribution in [3.8, 4) is 11.5 Å². The van der Waals surface area contributed by atoms with Gasteiger partial charge in [0.2, 0.25) is 0 Å². The van der Waals surface area contributed by atoms with E-state index in [4.69, 9.17) is 9.47 Å². The molecule has 0 amide bonds. The number of phenols is 1. The minimum atomic E-state index is -0.257. The largest absolute Gasteiger partial charge is 0.504 e. The van der Waals surface area contributed by atoms with E-state index in [9.17, 15) is 5.11 Å². The molecule has 1 saturated heterocycles.